The van der Waals surface area contributed by atoms with E-state index in [4.69, 9.17) is 4.74 Å². The van der Waals surface area contributed by atoms with Crippen molar-refractivity contribution in [3.05, 3.63) is 24.3 Å². The molecule has 0 aromatic heterocycles. The van der Waals surface area contributed by atoms with Crippen molar-refractivity contribution in [3.63, 3.8) is 0 Å². The highest BCUT2D eigenvalue weighted by atomic mass is 16.5. The molecule has 0 spiro atoms. The lowest BCUT2D eigenvalue weighted by atomic mass is 9.96. The van der Waals surface area contributed by atoms with Gasteiger partial charge < -0.3 is 20.7 Å². The molecule has 1 aliphatic carbocycles. The van der Waals surface area contributed by atoms with Crippen LogP contribution in [-0.2, 0) is 4.79 Å². The first-order chi connectivity index (χ1) is 12.2. The van der Waals surface area contributed by atoms with Crippen molar-refractivity contribution in [2.45, 2.75) is 57.9 Å². The van der Waals surface area contributed by atoms with Gasteiger partial charge in [-0.2, -0.15) is 0 Å². The number of carbonyl (C=O) groups is 2. The SMILES string of the molecule is CCCOc1ccccc1NC(=O)CCNC(=O)NC1CCCCC1. The fourth-order valence-electron chi connectivity index (χ4n) is 2.89. The van der Waals surface area contributed by atoms with Crippen molar-refractivity contribution in [2.24, 2.45) is 0 Å². The molecule has 6 nitrogen and oxygen atoms in total. The molecule has 0 unspecified atom stereocenters. The minimum atomic E-state index is -0.189. The topological polar surface area (TPSA) is 79.5 Å². The summed E-state index contributed by atoms with van der Waals surface area (Å²) in [7, 11) is 0. The Morgan fingerprint density at radius 3 is 2.68 bits per heavy atom. The van der Waals surface area contributed by atoms with Gasteiger partial charge in [0, 0.05) is 19.0 Å². The highest BCUT2D eigenvalue weighted by Gasteiger charge is 2.15. The molecule has 0 saturated heterocycles. The van der Waals surface area contributed by atoms with Gasteiger partial charge >= 0.3 is 6.03 Å². The number of hydrogen-bond donors (Lipinski definition) is 3. The second-order valence-electron chi connectivity index (χ2n) is 6.38. The van der Waals surface area contributed by atoms with E-state index in [1.807, 2.05) is 31.2 Å². The van der Waals surface area contributed by atoms with Crippen LogP contribution in [0.2, 0.25) is 0 Å². The molecule has 3 N–H and O–H groups in total. The number of amides is 3. The molecule has 1 saturated carbocycles. The third-order valence-electron chi connectivity index (χ3n) is 4.20. The maximum atomic E-state index is 12.1. The predicted molar refractivity (Wildman–Crippen MR) is 98.9 cm³/mol. The molecule has 1 aromatic carbocycles. The zero-order chi connectivity index (χ0) is 17.9. The van der Waals surface area contributed by atoms with E-state index < -0.39 is 0 Å². The summed E-state index contributed by atoms with van der Waals surface area (Å²) in [6, 6.07) is 7.45. The van der Waals surface area contributed by atoms with Gasteiger partial charge in [-0.25, -0.2) is 4.79 Å². The third-order valence-corrected chi connectivity index (χ3v) is 4.20. The lowest BCUT2D eigenvalue weighted by molar-refractivity contribution is -0.116. The Kier molecular flexibility index (Phi) is 8.09. The molecule has 1 aliphatic rings. The molecule has 0 heterocycles. The van der Waals surface area contributed by atoms with Crippen LogP contribution in [-0.4, -0.2) is 31.1 Å². The number of ether oxygens (including phenoxy) is 1. The molecule has 0 bridgehead atoms. The predicted octanol–water partition coefficient (Wildman–Crippen LogP) is 3.44. The molecule has 138 valence electrons. The summed E-state index contributed by atoms with van der Waals surface area (Å²) in [6.07, 6.45) is 6.82. The Bertz CT molecular complexity index is 557. The van der Waals surface area contributed by atoms with E-state index in [2.05, 4.69) is 16.0 Å². The monoisotopic (exact) mass is 347 g/mol. The van der Waals surface area contributed by atoms with Crippen LogP contribution in [0.1, 0.15) is 51.9 Å². The Hall–Kier alpha value is -2.24. The van der Waals surface area contributed by atoms with E-state index in [-0.39, 0.29) is 24.4 Å². The molecule has 2 rings (SSSR count). The first-order valence-electron chi connectivity index (χ1n) is 9.25. The van der Waals surface area contributed by atoms with E-state index in [1.54, 1.807) is 0 Å². The Labute approximate surface area is 149 Å². The molecule has 1 aromatic rings. The van der Waals surface area contributed by atoms with Gasteiger partial charge in [0.2, 0.25) is 5.91 Å². The number of para-hydroxylation sites is 2. The Balaban J connectivity index is 1.69. The number of hydrogen-bond acceptors (Lipinski definition) is 3. The zero-order valence-electron chi connectivity index (χ0n) is 15.0. The van der Waals surface area contributed by atoms with Gasteiger partial charge in [-0.1, -0.05) is 38.3 Å². The average molecular weight is 347 g/mol. The van der Waals surface area contributed by atoms with Gasteiger partial charge in [0.25, 0.3) is 0 Å². The maximum Gasteiger partial charge on any atom is 0.315 e. The van der Waals surface area contributed by atoms with E-state index in [1.165, 1.54) is 19.3 Å². The number of anilines is 1. The number of rotatable bonds is 8. The molecular weight excluding hydrogens is 318 g/mol. The van der Waals surface area contributed by atoms with Crippen LogP contribution in [0.4, 0.5) is 10.5 Å². The molecular formula is C19H29N3O3. The highest BCUT2D eigenvalue weighted by Crippen LogP contribution is 2.24. The van der Waals surface area contributed by atoms with E-state index >= 15 is 0 Å². The van der Waals surface area contributed by atoms with Gasteiger partial charge in [0.1, 0.15) is 5.75 Å². The quantitative estimate of drug-likeness (QED) is 0.674. The molecule has 1 fully saturated rings. The van der Waals surface area contributed by atoms with Gasteiger partial charge in [-0.05, 0) is 31.4 Å². The first-order valence-corrected chi connectivity index (χ1v) is 9.25. The van der Waals surface area contributed by atoms with Crippen LogP contribution in [0.3, 0.4) is 0 Å². The minimum Gasteiger partial charge on any atom is -0.491 e. The van der Waals surface area contributed by atoms with E-state index in [9.17, 15) is 9.59 Å². The summed E-state index contributed by atoms with van der Waals surface area (Å²) in [5.41, 5.74) is 0.660. The summed E-state index contributed by atoms with van der Waals surface area (Å²) < 4.78 is 5.62. The number of urea groups is 1. The van der Waals surface area contributed by atoms with Gasteiger partial charge in [-0.15, -0.1) is 0 Å². The fraction of sp³-hybridized carbons (Fsp3) is 0.579. The molecule has 3 amide bonds. The smallest absolute Gasteiger partial charge is 0.315 e. The minimum absolute atomic E-state index is 0.148. The normalized spacial score (nSPS) is 14.6. The van der Waals surface area contributed by atoms with Crippen molar-refractivity contribution in [3.8, 4) is 5.75 Å². The highest BCUT2D eigenvalue weighted by molar-refractivity contribution is 5.92. The van der Waals surface area contributed by atoms with Crippen LogP contribution in [0.15, 0.2) is 24.3 Å². The number of nitrogens with one attached hydrogen (secondary N) is 3. The zero-order valence-corrected chi connectivity index (χ0v) is 15.0. The van der Waals surface area contributed by atoms with Crippen molar-refractivity contribution >= 4 is 17.6 Å². The molecule has 25 heavy (non-hydrogen) atoms. The van der Waals surface area contributed by atoms with Crippen LogP contribution < -0.4 is 20.7 Å². The summed E-state index contributed by atoms with van der Waals surface area (Å²) in [5.74, 6) is 0.520. The average Bonchev–Trinajstić information content (AvgIpc) is 2.62. The van der Waals surface area contributed by atoms with Crippen molar-refractivity contribution in [2.75, 3.05) is 18.5 Å². The van der Waals surface area contributed by atoms with Crippen LogP contribution >= 0.6 is 0 Å². The fourth-order valence-corrected chi connectivity index (χ4v) is 2.89. The van der Waals surface area contributed by atoms with Crippen molar-refractivity contribution < 1.29 is 14.3 Å². The number of carbonyl (C=O) groups excluding carboxylic acids is 2. The van der Waals surface area contributed by atoms with Crippen LogP contribution in [0.5, 0.6) is 5.75 Å². The van der Waals surface area contributed by atoms with Gasteiger partial charge in [0.05, 0.1) is 12.3 Å². The maximum absolute atomic E-state index is 12.1. The molecule has 6 heteroatoms. The van der Waals surface area contributed by atoms with Gasteiger partial charge in [-0.3, -0.25) is 4.79 Å². The lowest BCUT2D eigenvalue weighted by Crippen LogP contribution is -2.43. The number of benzene rings is 1. The van der Waals surface area contributed by atoms with Crippen molar-refractivity contribution in [1.82, 2.24) is 10.6 Å². The summed E-state index contributed by atoms with van der Waals surface area (Å²) in [6.45, 7) is 2.95. The van der Waals surface area contributed by atoms with Crippen LogP contribution in [0.25, 0.3) is 0 Å². The summed E-state index contributed by atoms with van der Waals surface area (Å²) in [4.78, 5) is 23.9. The molecule has 0 radical (unpaired) electrons. The van der Waals surface area contributed by atoms with Crippen molar-refractivity contribution in [1.29, 1.82) is 0 Å². The Morgan fingerprint density at radius 1 is 1.16 bits per heavy atom. The molecule has 0 atom stereocenters. The van der Waals surface area contributed by atoms with E-state index in [0.29, 0.717) is 24.6 Å². The molecule has 0 aliphatic heterocycles. The Morgan fingerprint density at radius 2 is 1.92 bits per heavy atom. The third kappa shape index (κ3) is 7.03. The second-order valence-corrected chi connectivity index (χ2v) is 6.38. The summed E-state index contributed by atoms with van der Waals surface area (Å²) >= 11 is 0. The van der Waals surface area contributed by atoms with E-state index in [0.717, 1.165) is 19.3 Å². The van der Waals surface area contributed by atoms with Crippen LogP contribution in [0, 0.1) is 0 Å². The lowest BCUT2D eigenvalue weighted by Gasteiger charge is -2.22. The second kappa shape index (κ2) is 10.6. The first kappa shape index (κ1) is 19.1. The van der Waals surface area contributed by atoms with Gasteiger partial charge in [0.15, 0.2) is 0 Å². The standard InChI is InChI=1S/C19H29N3O3/c1-2-14-25-17-11-7-6-10-16(17)22-18(23)12-13-20-19(24)21-15-8-4-3-5-9-15/h6-7,10-11,15H,2-5,8-9,12-14H2,1H3,(H,22,23)(H2,20,21,24). The summed E-state index contributed by atoms with van der Waals surface area (Å²) in [5, 5.41) is 8.57. The largest absolute Gasteiger partial charge is 0.491 e.